The number of amides is 2. The second kappa shape index (κ2) is 10.4. The zero-order valence-electron chi connectivity index (χ0n) is 20.6. The minimum absolute atomic E-state index is 0.0161. The molecule has 0 bridgehead atoms. The summed E-state index contributed by atoms with van der Waals surface area (Å²) in [5, 5.41) is 6.53. The molecule has 4 rings (SSSR count). The molecule has 1 atom stereocenters. The first kappa shape index (κ1) is 24.0. The maximum Gasteiger partial charge on any atom is 0.409 e. The minimum Gasteiger partial charge on any atom is -0.450 e. The van der Waals surface area contributed by atoms with E-state index in [1.165, 1.54) is 11.1 Å². The van der Waals surface area contributed by atoms with Crippen molar-refractivity contribution < 1.29 is 14.3 Å². The van der Waals surface area contributed by atoms with E-state index in [0.29, 0.717) is 39.2 Å². The number of piperazine rings is 1. The summed E-state index contributed by atoms with van der Waals surface area (Å²) < 4.78 is 5.10. The average molecular weight is 463 g/mol. The van der Waals surface area contributed by atoms with E-state index in [-0.39, 0.29) is 24.6 Å². The lowest BCUT2D eigenvalue weighted by Crippen LogP contribution is -2.51. The first-order valence-corrected chi connectivity index (χ1v) is 12.0. The Morgan fingerprint density at radius 2 is 1.65 bits per heavy atom. The Labute approximate surface area is 202 Å². The van der Waals surface area contributed by atoms with Crippen LogP contribution < -0.4 is 0 Å². The number of carbonyl (C=O) groups excluding carboxylic acids is 2. The van der Waals surface area contributed by atoms with Crippen LogP contribution in [0, 0.1) is 20.8 Å². The molecule has 1 saturated heterocycles. The summed E-state index contributed by atoms with van der Waals surface area (Å²) in [6.07, 6.45) is 0.408. The number of benzene rings is 2. The molecule has 0 aliphatic carbocycles. The lowest BCUT2D eigenvalue weighted by Gasteiger charge is -2.34. The Morgan fingerprint density at radius 3 is 2.32 bits per heavy atom. The normalized spacial score (nSPS) is 18.7. The van der Waals surface area contributed by atoms with Crippen molar-refractivity contribution >= 4 is 17.7 Å². The zero-order valence-corrected chi connectivity index (χ0v) is 20.6. The molecule has 2 aliphatic rings. The van der Waals surface area contributed by atoms with Gasteiger partial charge in [0.05, 0.1) is 24.9 Å². The van der Waals surface area contributed by atoms with Crippen LogP contribution in [0.4, 0.5) is 4.79 Å². The Morgan fingerprint density at radius 1 is 0.971 bits per heavy atom. The van der Waals surface area contributed by atoms with E-state index >= 15 is 0 Å². The van der Waals surface area contributed by atoms with E-state index in [1.54, 1.807) is 16.8 Å². The number of hydrogen-bond acceptors (Lipinski definition) is 5. The third kappa shape index (κ3) is 5.30. The predicted molar refractivity (Wildman–Crippen MR) is 133 cm³/mol. The zero-order chi connectivity index (χ0) is 24.2. The molecule has 2 aromatic rings. The van der Waals surface area contributed by atoms with Crippen LogP contribution >= 0.6 is 0 Å². The number of rotatable bonds is 5. The van der Waals surface area contributed by atoms with E-state index in [9.17, 15) is 9.59 Å². The predicted octanol–water partition coefficient (Wildman–Crippen LogP) is 4.06. The fraction of sp³-hybridized carbons (Fsp3) is 0.444. The maximum atomic E-state index is 13.5. The van der Waals surface area contributed by atoms with E-state index in [4.69, 9.17) is 9.84 Å². The molecule has 2 amide bonds. The summed E-state index contributed by atoms with van der Waals surface area (Å²) in [6, 6.07) is 14.6. The molecule has 0 saturated carbocycles. The van der Waals surface area contributed by atoms with E-state index in [1.807, 2.05) is 0 Å². The highest BCUT2D eigenvalue weighted by atomic mass is 16.6. The second-order valence-corrected chi connectivity index (χ2v) is 9.19. The van der Waals surface area contributed by atoms with Gasteiger partial charge in [0, 0.05) is 32.6 Å². The molecule has 180 valence electrons. The molecule has 0 spiro atoms. The maximum absolute atomic E-state index is 13.5. The molecule has 2 aliphatic heterocycles. The minimum atomic E-state index is -0.282. The summed E-state index contributed by atoms with van der Waals surface area (Å²) >= 11 is 0. The molecular weight excluding hydrogens is 428 g/mol. The van der Waals surface area contributed by atoms with Gasteiger partial charge < -0.3 is 9.64 Å². The number of carbonyl (C=O) groups is 2. The Hall–Kier alpha value is -3.19. The van der Waals surface area contributed by atoms with Crippen LogP contribution in [0.5, 0.6) is 0 Å². The molecule has 0 N–H and O–H groups in total. The highest BCUT2D eigenvalue weighted by Crippen LogP contribution is 2.35. The topological polar surface area (TPSA) is 65.5 Å². The smallest absolute Gasteiger partial charge is 0.409 e. The highest BCUT2D eigenvalue weighted by molar-refractivity contribution is 6.03. The lowest BCUT2D eigenvalue weighted by atomic mass is 9.93. The molecular formula is C27H34N4O3. The number of ether oxygens (including phenoxy) is 1. The van der Waals surface area contributed by atoms with Crippen LogP contribution in [-0.4, -0.2) is 71.9 Å². The van der Waals surface area contributed by atoms with Crippen molar-refractivity contribution in [3.63, 3.8) is 0 Å². The van der Waals surface area contributed by atoms with Crippen molar-refractivity contribution in [2.45, 2.75) is 40.2 Å². The van der Waals surface area contributed by atoms with Gasteiger partial charge in [-0.15, -0.1) is 0 Å². The fourth-order valence-corrected chi connectivity index (χ4v) is 4.59. The second-order valence-electron chi connectivity index (χ2n) is 9.19. The van der Waals surface area contributed by atoms with Crippen molar-refractivity contribution in [2.75, 3.05) is 39.3 Å². The number of aryl methyl sites for hydroxylation is 3. The van der Waals surface area contributed by atoms with Gasteiger partial charge in [-0.25, -0.2) is 9.80 Å². The van der Waals surface area contributed by atoms with Crippen molar-refractivity contribution in [2.24, 2.45) is 5.10 Å². The molecule has 1 fully saturated rings. The molecule has 2 heterocycles. The number of nitrogens with zero attached hydrogens (tertiary/aromatic N) is 4. The van der Waals surface area contributed by atoms with Crippen molar-refractivity contribution in [1.82, 2.24) is 14.8 Å². The molecule has 34 heavy (non-hydrogen) atoms. The van der Waals surface area contributed by atoms with Gasteiger partial charge in [0.2, 0.25) is 0 Å². The average Bonchev–Trinajstić information content (AvgIpc) is 3.27. The van der Waals surface area contributed by atoms with Gasteiger partial charge in [-0.3, -0.25) is 9.69 Å². The Kier molecular flexibility index (Phi) is 7.32. The summed E-state index contributed by atoms with van der Waals surface area (Å²) in [5.74, 6) is -0.0161. The quantitative estimate of drug-likeness (QED) is 0.672. The summed E-state index contributed by atoms with van der Waals surface area (Å²) in [4.78, 5) is 29.3. The van der Waals surface area contributed by atoms with Crippen molar-refractivity contribution in [3.8, 4) is 0 Å². The third-order valence-electron chi connectivity index (χ3n) is 6.60. The largest absolute Gasteiger partial charge is 0.450 e. The van der Waals surface area contributed by atoms with Gasteiger partial charge in [-0.2, -0.15) is 5.10 Å². The number of hydrogen-bond donors (Lipinski definition) is 0. The SMILES string of the molecule is CCOC(=O)N1CCN(CC(=O)N2N=C(c3ccc(C)cc3)C[C@@H]2c2cc(C)ccc2C)CC1. The molecule has 2 aromatic carbocycles. The molecule has 0 radical (unpaired) electrons. The Balaban J connectivity index is 1.52. The van der Waals surface area contributed by atoms with Gasteiger partial charge >= 0.3 is 6.09 Å². The monoisotopic (exact) mass is 462 g/mol. The van der Waals surface area contributed by atoms with Crippen LogP contribution in [0.1, 0.15) is 47.2 Å². The van der Waals surface area contributed by atoms with Gasteiger partial charge in [0.25, 0.3) is 5.91 Å². The van der Waals surface area contributed by atoms with E-state index in [2.05, 4.69) is 68.1 Å². The summed E-state index contributed by atoms with van der Waals surface area (Å²) in [7, 11) is 0. The van der Waals surface area contributed by atoms with Gasteiger partial charge in [0.1, 0.15) is 0 Å². The standard InChI is InChI=1S/C27H34N4O3/c1-5-34-27(33)30-14-12-29(13-15-30)18-26(32)31-25(23-16-20(3)6-9-21(23)4)17-24(28-31)22-10-7-19(2)8-11-22/h6-11,16,25H,5,12-15,17-18H2,1-4H3/t25-/m1/s1. The lowest BCUT2D eigenvalue weighted by molar-refractivity contribution is -0.134. The molecule has 0 unspecified atom stereocenters. The van der Waals surface area contributed by atoms with Crippen LogP contribution in [0.3, 0.4) is 0 Å². The van der Waals surface area contributed by atoms with Crippen LogP contribution in [0.2, 0.25) is 0 Å². The number of hydrazone groups is 1. The highest BCUT2D eigenvalue weighted by Gasteiger charge is 2.35. The summed E-state index contributed by atoms with van der Waals surface area (Å²) in [5.41, 5.74) is 6.67. The van der Waals surface area contributed by atoms with Crippen molar-refractivity contribution in [1.29, 1.82) is 0 Å². The third-order valence-corrected chi connectivity index (χ3v) is 6.60. The fourth-order valence-electron chi connectivity index (χ4n) is 4.59. The molecule has 7 heteroatoms. The first-order chi connectivity index (χ1) is 16.4. The van der Waals surface area contributed by atoms with Gasteiger partial charge in [0.15, 0.2) is 0 Å². The van der Waals surface area contributed by atoms with E-state index in [0.717, 1.165) is 22.4 Å². The van der Waals surface area contributed by atoms with Gasteiger partial charge in [-0.05, 0) is 44.4 Å². The Bertz CT molecular complexity index is 1070. The van der Waals surface area contributed by atoms with Crippen molar-refractivity contribution in [3.05, 3.63) is 70.3 Å². The van der Waals surface area contributed by atoms with Crippen LogP contribution in [0.25, 0.3) is 0 Å². The molecule has 7 nitrogen and oxygen atoms in total. The van der Waals surface area contributed by atoms with Gasteiger partial charge in [-0.1, -0.05) is 53.6 Å². The van der Waals surface area contributed by atoms with Crippen LogP contribution in [-0.2, 0) is 9.53 Å². The van der Waals surface area contributed by atoms with E-state index < -0.39 is 0 Å². The van der Waals surface area contributed by atoms with Crippen LogP contribution in [0.15, 0.2) is 47.6 Å². The molecule has 0 aromatic heterocycles. The summed E-state index contributed by atoms with van der Waals surface area (Å²) in [6.45, 7) is 11.1. The first-order valence-electron chi connectivity index (χ1n) is 12.0.